The molecule has 22 heavy (non-hydrogen) atoms. The summed E-state index contributed by atoms with van der Waals surface area (Å²) in [4.78, 5) is 23.2. The zero-order valence-corrected chi connectivity index (χ0v) is 13.3. The summed E-state index contributed by atoms with van der Waals surface area (Å²) in [5, 5.41) is 3.75. The van der Waals surface area contributed by atoms with Crippen molar-refractivity contribution in [2.45, 2.75) is 13.0 Å². The average Bonchev–Trinajstić information content (AvgIpc) is 2.50. The lowest BCUT2D eigenvalue weighted by Gasteiger charge is -2.15. The molecule has 2 aromatic rings. The Morgan fingerprint density at radius 3 is 2.14 bits per heavy atom. The van der Waals surface area contributed by atoms with Gasteiger partial charge in [-0.3, -0.25) is 9.59 Å². The van der Waals surface area contributed by atoms with Crippen LogP contribution in [0.5, 0.6) is 0 Å². The Hall–Kier alpha value is -2.04. The van der Waals surface area contributed by atoms with Gasteiger partial charge in [-0.2, -0.15) is 0 Å². The number of hydrogen-bond acceptors (Lipinski definition) is 2. The zero-order valence-electron chi connectivity index (χ0n) is 11.8. The second-order valence-corrected chi connectivity index (χ2v) is 5.62. The molecule has 1 atom stereocenters. The van der Waals surface area contributed by atoms with Gasteiger partial charge in [0, 0.05) is 11.1 Å². The van der Waals surface area contributed by atoms with E-state index in [9.17, 15) is 9.59 Å². The first-order valence-electron chi connectivity index (χ1n) is 6.54. The molecule has 6 heteroatoms. The van der Waals surface area contributed by atoms with Gasteiger partial charge in [0.25, 0.3) is 5.91 Å². The van der Waals surface area contributed by atoms with Crippen molar-refractivity contribution in [3.8, 4) is 0 Å². The minimum Gasteiger partial charge on any atom is -0.366 e. The summed E-state index contributed by atoms with van der Waals surface area (Å²) in [6.45, 7) is 1.84. The summed E-state index contributed by atoms with van der Waals surface area (Å²) in [5.74, 6) is -0.786. The van der Waals surface area contributed by atoms with Crippen molar-refractivity contribution in [1.82, 2.24) is 5.32 Å². The van der Waals surface area contributed by atoms with Gasteiger partial charge in [0.1, 0.15) is 0 Å². The van der Waals surface area contributed by atoms with Crippen molar-refractivity contribution in [3.63, 3.8) is 0 Å². The van der Waals surface area contributed by atoms with Crippen LogP contribution in [0.3, 0.4) is 0 Å². The zero-order chi connectivity index (χ0) is 16.3. The van der Waals surface area contributed by atoms with Crippen LogP contribution >= 0.6 is 23.2 Å². The van der Waals surface area contributed by atoms with Crippen LogP contribution in [0.2, 0.25) is 10.0 Å². The third-order valence-corrected chi connectivity index (χ3v) is 3.96. The van der Waals surface area contributed by atoms with E-state index in [1.165, 1.54) is 12.1 Å². The average molecular weight is 337 g/mol. The Labute approximate surface area is 138 Å². The molecule has 0 aromatic heterocycles. The van der Waals surface area contributed by atoms with Crippen LogP contribution in [-0.4, -0.2) is 11.8 Å². The molecule has 0 fully saturated rings. The van der Waals surface area contributed by atoms with E-state index in [1.807, 2.05) is 6.92 Å². The van der Waals surface area contributed by atoms with Gasteiger partial charge < -0.3 is 11.1 Å². The molecule has 4 nitrogen and oxygen atoms in total. The number of hydrogen-bond donors (Lipinski definition) is 2. The van der Waals surface area contributed by atoms with Crippen LogP contribution < -0.4 is 11.1 Å². The molecule has 2 aromatic carbocycles. The van der Waals surface area contributed by atoms with E-state index in [0.29, 0.717) is 21.2 Å². The molecule has 0 aliphatic rings. The fourth-order valence-electron chi connectivity index (χ4n) is 1.93. The number of halogens is 2. The van der Waals surface area contributed by atoms with E-state index in [4.69, 9.17) is 28.9 Å². The Morgan fingerprint density at radius 2 is 1.59 bits per heavy atom. The number of carbonyl (C=O) groups is 2. The van der Waals surface area contributed by atoms with Gasteiger partial charge >= 0.3 is 0 Å². The van der Waals surface area contributed by atoms with Crippen molar-refractivity contribution in [1.29, 1.82) is 0 Å². The fraction of sp³-hybridized carbons (Fsp3) is 0.125. The highest BCUT2D eigenvalue weighted by Crippen LogP contribution is 2.25. The highest BCUT2D eigenvalue weighted by molar-refractivity contribution is 6.42. The van der Waals surface area contributed by atoms with Gasteiger partial charge in [-0.1, -0.05) is 29.3 Å². The third kappa shape index (κ3) is 3.78. The summed E-state index contributed by atoms with van der Waals surface area (Å²) < 4.78 is 0. The summed E-state index contributed by atoms with van der Waals surface area (Å²) in [5.41, 5.74) is 6.80. The molecule has 2 amide bonds. The predicted octanol–water partition coefficient (Wildman–Crippen LogP) is 3.58. The number of nitrogens with one attached hydrogen (secondary N) is 1. The molecule has 0 spiro atoms. The molecule has 0 saturated heterocycles. The molecule has 1 unspecified atom stereocenters. The molecular formula is C16H14Cl2N2O2. The van der Waals surface area contributed by atoms with Crippen LogP contribution in [0.15, 0.2) is 42.5 Å². The topological polar surface area (TPSA) is 72.2 Å². The Bertz CT molecular complexity index is 715. The summed E-state index contributed by atoms with van der Waals surface area (Å²) >= 11 is 11.8. The minimum atomic E-state index is -0.531. The van der Waals surface area contributed by atoms with Crippen LogP contribution in [0, 0.1) is 0 Å². The fourth-order valence-corrected chi connectivity index (χ4v) is 2.24. The normalized spacial score (nSPS) is 11.8. The maximum absolute atomic E-state index is 12.2. The van der Waals surface area contributed by atoms with Crippen molar-refractivity contribution in [2.75, 3.05) is 0 Å². The number of primary amides is 1. The highest BCUT2D eigenvalue weighted by Gasteiger charge is 2.13. The standard InChI is InChI=1S/C16H14Cl2N2O2/c1-9(12-6-7-13(17)14(18)8-12)20-16(22)11-4-2-10(3-5-11)15(19)21/h2-9H,1H3,(H2,19,21)(H,20,22). The van der Waals surface area contributed by atoms with Crippen molar-refractivity contribution < 1.29 is 9.59 Å². The van der Waals surface area contributed by atoms with Crippen LogP contribution in [0.1, 0.15) is 39.2 Å². The summed E-state index contributed by atoms with van der Waals surface area (Å²) in [7, 11) is 0. The Balaban J connectivity index is 2.10. The van der Waals surface area contributed by atoms with Gasteiger partial charge in [-0.25, -0.2) is 0 Å². The van der Waals surface area contributed by atoms with Gasteiger partial charge in [0.05, 0.1) is 16.1 Å². The molecule has 3 N–H and O–H groups in total. The maximum Gasteiger partial charge on any atom is 0.251 e. The molecule has 0 aliphatic heterocycles. The van der Waals surface area contributed by atoms with E-state index < -0.39 is 5.91 Å². The van der Waals surface area contributed by atoms with Gasteiger partial charge in [-0.05, 0) is 48.9 Å². The first kappa shape index (κ1) is 16.3. The first-order chi connectivity index (χ1) is 10.4. The second-order valence-electron chi connectivity index (χ2n) is 4.81. The summed E-state index contributed by atoms with van der Waals surface area (Å²) in [6.07, 6.45) is 0. The number of carbonyl (C=O) groups excluding carboxylic acids is 2. The quantitative estimate of drug-likeness (QED) is 0.895. The Morgan fingerprint density at radius 1 is 1.00 bits per heavy atom. The Kier molecular flexibility index (Phi) is 5.06. The van der Waals surface area contributed by atoms with Crippen molar-refractivity contribution in [2.24, 2.45) is 5.73 Å². The van der Waals surface area contributed by atoms with E-state index in [0.717, 1.165) is 5.56 Å². The van der Waals surface area contributed by atoms with E-state index in [1.54, 1.807) is 30.3 Å². The third-order valence-electron chi connectivity index (χ3n) is 3.22. The SMILES string of the molecule is CC(NC(=O)c1ccc(C(N)=O)cc1)c1ccc(Cl)c(Cl)c1. The number of rotatable bonds is 4. The number of benzene rings is 2. The molecule has 0 heterocycles. The second kappa shape index (κ2) is 6.81. The van der Waals surface area contributed by atoms with Crippen LogP contribution in [-0.2, 0) is 0 Å². The van der Waals surface area contributed by atoms with Gasteiger partial charge in [0.2, 0.25) is 5.91 Å². The van der Waals surface area contributed by atoms with Crippen LogP contribution in [0.25, 0.3) is 0 Å². The smallest absolute Gasteiger partial charge is 0.251 e. The largest absolute Gasteiger partial charge is 0.366 e. The van der Waals surface area contributed by atoms with E-state index in [-0.39, 0.29) is 11.9 Å². The lowest BCUT2D eigenvalue weighted by molar-refractivity contribution is 0.0937. The van der Waals surface area contributed by atoms with Crippen LogP contribution in [0.4, 0.5) is 0 Å². The lowest BCUT2D eigenvalue weighted by atomic mass is 10.1. The molecule has 0 saturated carbocycles. The predicted molar refractivity (Wildman–Crippen MR) is 87.3 cm³/mol. The molecule has 0 radical (unpaired) electrons. The molecular weight excluding hydrogens is 323 g/mol. The van der Waals surface area contributed by atoms with Gasteiger partial charge in [-0.15, -0.1) is 0 Å². The number of amides is 2. The lowest BCUT2D eigenvalue weighted by Crippen LogP contribution is -2.26. The van der Waals surface area contributed by atoms with Crippen molar-refractivity contribution >= 4 is 35.0 Å². The maximum atomic E-state index is 12.2. The van der Waals surface area contributed by atoms with Gasteiger partial charge in [0.15, 0.2) is 0 Å². The molecule has 0 aliphatic carbocycles. The minimum absolute atomic E-state index is 0.238. The van der Waals surface area contributed by atoms with E-state index >= 15 is 0 Å². The monoisotopic (exact) mass is 336 g/mol. The first-order valence-corrected chi connectivity index (χ1v) is 7.29. The van der Waals surface area contributed by atoms with E-state index in [2.05, 4.69) is 5.32 Å². The summed E-state index contributed by atoms with van der Waals surface area (Å²) in [6, 6.07) is 11.1. The number of nitrogens with two attached hydrogens (primary N) is 1. The highest BCUT2D eigenvalue weighted by atomic mass is 35.5. The molecule has 0 bridgehead atoms. The van der Waals surface area contributed by atoms with Crippen molar-refractivity contribution in [3.05, 3.63) is 69.2 Å². The molecule has 2 rings (SSSR count). The molecule has 114 valence electrons.